The predicted molar refractivity (Wildman–Crippen MR) is 84.4 cm³/mol. The Balaban J connectivity index is 1.77. The zero-order valence-corrected chi connectivity index (χ0v) is 13.0. The number of nitrogens with zero attached hydrogens (tertiary/aromatic N) is 2. The summed E-state index contributed by atoms with van der Waals surface area (Å²) in [5.41, 5.74) is 1.89. The van der Waals surface area contributed by atoms with E-state index in [9.17, 15) is 10.1 Å². The van der Waals surface area contributed by atoms with E-state index in [2.05, 4.69) is 17.1 Å². The van der Waals surface area contributed by atoms with Crippen LogP contribution in [0.3, 0.4) is 0 Å². The Hall–Kier alpha value is -1.46. The van der Waals surface area contributed by atoms with Crippen LogP contribution < -0.4 is 5.32 Å². The largest absolute Gasteiger partial charge is 0.312 e. The summed E-state index contributed by atoms with van der Waals surface area (Å²) in [5.74, 6) is 0.600. The average Bonchev–Trinajstić information content (AvgIpc) is 2.93. The van der Waals surface area contributed by atoms with E-state index in [1.807, 2.05) is 12.1 Å². The molecule has 1 aliphatic heterocycles. The van der Waals surface area contributed by atoms with Crippen LogP contribution in [-0.4, -0.2) is 36.0 Å². The second-order valence-corrected chi connectivity index (χ2v) is 6.12. The molecule has 116 valence electrons. The Morgan fingerprint density at radius 3 is 2.76 bits per heavy atom. The Kier molecular flexibility index (Phi) is 5.70. The van der Waals surface area contributed by atoms with Crippen LogP contribution in [-0.2, 0) is 6.54 Å². The molecule has 5 heteroatoms. The second-order valence-electron chi connectivity index (χ2n) is 6.12. The van der Waals surface area contributed by atoms with Crippen LogP contribution in [0.2, 0.25) is 0 Å². The molecular weight excluding hydrogens is 266 g/mol. The fraction of sp³-hybridized carbons (Fsp3) is 0.625. The molecule has 1 unspecified atom stereocenters. The van der Waals surface area contributed by atoms with Crippen LogP contribution in [0.5, 0.6) is 0 Å². The summed E-state index contributed by atoms with van der Waals surface area (Å²) in [6, 6.07) is 5.46. The summed E-state index contributed by atoms with van der Waals surface area (Å²) in [7, 11) is 0. The van der Waals surface area contributed by atoms with Crippen molar-refractivity contribution in [2.75, 3.05) is 26.2 Å². The van der Waals surface area contributed by atoms with E-state index in [1.165, 1.54) is 25.9 Å². The number of nitrogens with one attached hydrogen (secondary N) is 1. The lowest BCUT2D eigenvalue weighted by molar-refractivity contribution is -0.385. The van der Waals surface area contributed by atoms with E-state index in [0.717, 1.165) is 18.7 Å². The maximum atomic E-state index is 10.9. The Labute approximate surface area is 126 Å². The molecule has 21 heavy (non-hydrogen) atoms. The molecule has 0 bridgehead atoms. The number of hydrogen-bond donors (Lipinski definition) is 1. The quantitative estimate of drug-likeness (QED) is 0.620. The van der Waals surface area contributed by atoms with Crippen LogP contribution in [0.4, 0.5) is 5.69 Å². The van der Waals surface area contributed by atoms with Gasteiger partial charge in [0.2, 0.25) is 0 Å². The van der Waals surface area contributed by atoms with Gasteiger partial charge in [-0.15, -0.1) is 0 Å². The average molecular weight is 291 g/mol. The van der Waals surface area contributed by atoms with Crippen molar-refractivity contribution in [1.82, 2.24) is 10.2 Å². The first-order valence-corrected chi connectivity index (χ1v) is 7.73. The highest BCUT2D eigenvalue weighted by Gasteiger charge is 2.14. The van der Waals surface area contributed by atoms with Crippen molar-refractivity contribution in [2.45, 2.75) is 33.2 Å². The molecule has 1 aromatic carbocycles. The van der Waals surface area contributed by atoms with Crippen LogP contribution in [0.1, 0.15) is 30.9 Å². The highest BCUT2D eigenvalue weighted by atomic mass is 16.6. The molecule has 2 rings (SSSR count). The van der Waals surface area contributed by atoms with Crippen LogP contribution in [0, 0.1) is 23.0 Å². The van der Waals surface area contributed by atoms with Crippen molar-refractivity contribution >= 4 is 5.69 Å². The lowest BCUT2D eigenvalue weighted by Gasteiger charge is -2.20. The summed E-state index contributed by atoms with van der Waals surface area (Å²) in [5, 5.41) is 14.3. The van der Waals surface area contributed by atoms with Crippen molar-refractivity contribution < 1.29 is 4.92 Å². The smallest absolute Gasteiger partial charge is 0.272 e. The van der Waals surface area contributed by atoms with Crippen LogP contribution >= 0.6 is 0 Å². The van der Waals surface area contributed by atoms with Crippen LogP contribution in [0.25, 0.3) is 0 Å². The molecule has 0 aliphatic carbocycles. The lowest BCUT2D eigenvalue weighted by Crippen LogP contribution is -2.31. The minimum Gasteiger partial charge on any atom is -0.312 e. The van der Waals surface area contributed by atoms with E-state index in [0.29, 0.717) is 18.0 Å². The van der Waals surface area contributed by atoms with Gasteiger partial charge in [-0.3, -0.25) is 10.1 Å². The summed E-state index contributed by atoms with van der Waals surface area (Å²) in [4.78, 5) is 13.1. The van der Waals surface area contributed by atoms with Crippen molar-refractivity contribution in [1.29, 1.82) is 0 Å². The third-order valence-electron chi connectivity index (χ3n) is 4.06. The van der Waals surface area contributed by atoms with Crippen LogP contribution in [0.15, 0.2) is 18.2 Å². The number of likely N-dealkylation sites (tertiary alicyclic amines) is 1. The fourth-order valence-electron chi connectivity index (χ4n) is 2.90. The molecule has 1 aromatic rings. The topological polar surface area (TPSA) is 58.4 Å². The third-order valence-corrected chi connectivity index (χ3v) is 4.06. The maximum absolute atomic E-state index is 10.9. The monoisotopic (exact) mass is 291 g/mol. The highest BCUT2D eigenvalue weighted by Crippen LogP contribution is 2.19. The van der Waals surface area contributed by atoms with Gasteiger partial charge >= 0.3 is 0 Å². The first-order chi connectivity index (χ1) is 10.1. The Morgan fingerprint density at radius 1 is 1.38 bits per heavy atom. The number of hydrogen-bond acceptors (Lipinski definition) is 4. The summed E-state index contributed by atoms with van der Waals surface area (Å²) in [6.07, 6.45) is 2.65. The van der Waals surface area contributed by atoms with Crippen molar-refractivity contribution in [3.8, 4) is 0 Å². The number of aryl methyl sites for hydroxylation is 1. The van der Waals surface area contributed by atoms with E-state index in [1.54, 1.807) is 13.0 Å². The number of nitro benzene ring substituents is 1. The minimum atomic E-state index is -0.311. The predicted octanol–water partition coefficient (Wildman–Crippen LogP) is 2.72. The van der Waals surface area contributed by atoms with Gasteiger partial charge in [-0.1, -0.05) is 19.1 Å². The molecule has 0 saturated carbocycles. The molecule has 1 saturated heterocycles. The number of rotatable bonds is 7. The SMILES string of the molecule is Cc1ccc(CNCC(C)CN2CCCC2)cc1[N+](=O)[O-]. The van der Waals surface area contributed by atoms with Gasteiger partial charge in [0.15, 0.2) is 0 Å². The molecule has 0 radical (unpaired) electrons. The molecule has 0 amide bonds. The Morgan fingerprint density at radius 2 is 2.10 bits per heavy atom. The first-order valence-electron chi connectivity index (χ1n) is 7.73. The standard InChI is InChI=1S/C16H25N3O2/c1-13(12-18-7-3-4-8-18)10-17-11-15-6-5-14(2)16(9-15)19(20)21/h5-6,9,13,17H,3-4,7-8,10-12H2,1-2H3. The fourth-order valence-corrected chi connectivity index (χ4v) is 2.90. The van der Waals surface area contributed by atoms with E-state index in [-0.39, 0.29) is 10.6 Å². The zero-order valence-electron chi connectivity index (χ0n) is 13.0. The van der Waals surface area contributed by atoms with Gasteiger partial charge in [-0.05, 0) is 50.9 Å². The molecule has 1 aliphatic rings. The van der Waals surface area contributed by atoms with Gasteiger partial charge in [0, 0.05) is 24.7 Å². The van der Waals surface area contributed by atoms with Gasteiger partial charge in [-0.25, -0.2) is 0 Å². The van der Waals surface area contributed by atoms with Crippen molar-refractivity contribution in [3.63, 3.8) is 0 Å². The first kappa shape index (κ1) is 15.9. The highest BCUT2D eigenvalue weighted by molar-refractivity contribution is 5.42. The van der Waals surface area contributed by atoms with Crippen molar-refractivity contribution in [3.05, 3.63) is 39.4 Å². The molecule has 1 heterocycles. The molecule has 0 spiro atoms. The normalized spacial score (nSPS) is 17.0. The third kappa shape index (κ3) is 4.79. The summed E-state index contributed by atoms with van der Waals surface area (Å²) in [6.45, 7) is 9.25. The van der Waals surface area contributed by atoms with Crippen molar-refractivity contribution in [2.24, 2.45) is 5.92 Å². The van der Waals surface area contributed by atoms with Gasteiger partial charge in [-0.2, -0.15) is 0 Å². The second kappa shape index (κ2) is 7.52. The van der Waals surface area contributed by atoms with E-state index in [4.69, 9.17) is 0 Å². The van der Waals surface area contributed by atoms with Gasteiger partial charge < -0.3 is 10.2 Å². The number of benzene rings is 1. The van der Waals surface area contributed by atoms with E-state index < -0.39 is 0 Å². The molecule has 5 nitrogen and oxygen atoms in total. The summed E-state index contributed by atoms with van der Waals surface area (Å²) < 4.78 is 0. The maximum Gasteiger partial charge on any atom is 0.272 e. The number of nitro groups is 1. The molecule has 1 fully saturated rings. The van der Waals surface area contributed by atoms with E-state index >= 15 is 0 Å². The lowest BCUT2D eigenvalue weighted by atomic mass is 10.1. The molecule has 1 N–H and O–H groups in total. The summed E-state index contributed by atoms with van der Waals surface area (Å²) >= 11 is 0. The molecular formula is C16H25N3O2. The van der Waals surface area contributed by atoms with Gasteiger partial charge in [0.25, 0.3) is 5.69 Å². The van der Waals surface area contributed by atoms with Gasteiger partial charge in [0.1, 0.15) is 0 Å². The zero-order chi connectivity index (χ0) is 15.2. The molecule has 1 atom stereocenters. The van der Waals surface area contributed by atoms with Gasteiger partial charge in [0.05, 0.1) is 4.92 Å². The molecule has 0 aromatic heterocycles. The Bertz CT molecular complexity index is 484. The minimum absolute atomic E-state index is 0.208.